The number of hydrogen-bond donors (Lipinski definition) is 0. The van der Waals surface area contributed by atoms with Gasteiger partial charge in [-0.15, -0.1) is 15.0 Å². The molecule has 2 aliphatic heterocycles. The molecule has 0 aliphatic carbocycles. The summed E-state index contributed by atoms with van der Waals surface area (Å²) in [6.45, 7) is 22.8. The Labute approximate surface area is 439 Å². The van der Waals surface area contributed by atoms with E-state index >= 15 is 0 Å². The van der Waals surface area contributed by atoms with E-state index in [-0.39, 0.29) is 29.1 Å². The van der Waals surface area contributed by atoms with Gasteiger partial charge in [0.2, 0.25) is 0 Å². The van der Waals surface area contributed by atoms with Crippen molar-refractivity contribution in [1.29, 1.82) is 0 Å². The van der Waals surface area contributed by atoms with Gasteiger partial charge < -0.3 is 18.6 Å². The number of carbonyl (C=O) groups is 2. The van der Waals surface area contributed by atoms with E-state index in [1.54, 1.807) is 13.8 Å². The van der Waals surface area contributed by atoms with Gasteiger partial charge in [-0.05, 0) is 144 Å². The Morgan fingerprint density at radius 3 is 1.52 bits per heavy atom. The molecule has 2 aromatic carbocycles. The minimum absolute atomic E-state index is 0.0113. The number of fused-ring (bicyclic) bond motifs is 2. The summed E-state index contributed by atoms with van der Waals surface area (Å²) in [5, 5.41) is 0. The van der Waals surface area contributed by atoms with E-state index in [1.165, 1.54) is 0 Å². The molecule has 0 bridgehead atoms. The van der Waals surface area contributed by atoms with Gasteiger partial charge in [0.05, 0.1) is 62.9 Å². The highest BCUT2D eigenvalue weighted by Gasteiger charge is 2.46. The lowest BCUT2D eigenvalue weighted by atomic mass is 9.94. The van der Waals surface area contributed by atoms with Crippen LogP contribution in [0.25, 0.3) is 22.5 Å². The summed E-state index contributed by atoms with van der Waals surface area (Å²) >= 11 is 1.15. The smallest absolute Gasteiger partial charge is 0.356 e. The predicted molar refractivity (Wildman–Crippen MR) is 294 cm³/mol. The van der Waals surface area contributed by atoms with E-state index < -0.39 is 39.4 Å². The number of nitrogens with zero attached hydrogens (tertiary/aromatic N) is 6. The van der Waals surface area contributed by atoms with Gasteiger partial charge in [0.1, 0.15) is 20.9 Å². The van der Waals surface area contributed by atoms with Gasteiger partial charge in [-0.25, -0.2) is 19.6 Å². The van der Waals surface area contributed by atoms with Crippen LogP contribution in [-0.2, 0) is 45.3 Å². The molecule has 384 valence electrons. The van der Waals surface area contributed by atoms with Crippen LogP contribution in [0.4, 0.5) is 0 Å². The normalized spacial score (nSPS) is 16.3. The molecule has 2 aromatic heterocycles. The molecular weight excluding hydrogens is 997 g/mol. The summed E-state index contributed by atoms with van der Waals surface area (Å²) < 4.78 is 41.7. The number of aromatic nitrogens is 2. The highest BCUT2D eigenvalue weighted by Crippen LogP contribution is 2.47. The number of hydrogen-bond acceptors (Lipinski definition) is 12. The molecule has 0 radical (unpaired) electrons. The summed E-state index contributed by atoms with van der Waals surface area (Å²) in [4.78, 5) is 38.7. The van der Waals surface area contributed by atoms with Crippen LogP contribution in [-0.4, -0.2) is 113 Å². The zero-order valence-electron chi connectivity index (χ0n) is 44.4. The maximum atomic E-state index is 13.5. The van der Waals surface area contributed by atoms with E-state index in [9.17, 15) is 18.7 Å². The number of halogens is 1. The van der Waals surface area contributed by atoms with Crippen molar-refractivity contribution in [3.8, 4) is 46.7 Å². The first kappa shape index (κ1) is 59.3. The second kappa shape index (κ2) is 27.2. The molecule has 0 N–H and O–H groups in total. The van der Waals surface area contributed by atoms with Gasteiger partial charge in [-0.1, -0.05) is 84.6 Å². The van der Waals surface area contributed by atoms with Crippen molar-refractivity contribution in [2.75, 3.05) is 54.5 Å². The van der Waals surface area contributed by atoms with Gasteiger partial charge in [-0.3, -0.25) is 9.80 Å². The molecule has 2 aliphatic rings. The third-order valence-corrected chi connectivity index (χ3v) is 15.3. The van der Waals surface area contributed by atoms with Gasteiger partial charge >= 0.3 is 11.9 Å². The topological polar surface area (TPSA) is 137 Å². The minimum atomic E-state index is -1.21. The third-order valence-electron chi connectivity index (χ3n) is 11.1. The molecule has 4 atom stereocenters. The quantitative estimate of drug-likeness (QED) is 0.0675. The van der Waals surface area contributed by atoms with E-state index in [4.69, 9.17) is 25.9 Å². The Morgan fingerprint density at radius 2 is 1.15 bits per heavy atom. The van der Waals surface area contributed by atoms with Crippen LogP contribution in [0.2, 0.25) is 0 Å². The Balaban J connectivity index is 0.000000279. The van der Waals surface area contributed by atoms with Crippen LogP contribution in [0.15, 0.2) is 65.1 Å². The maximum Gasteiger partial charge on any atom is 0.356 e. The standard InChI is InChI=1S/C28H37N3O3S.C23H29BrN2O3S.C5H9N/c1-8-12-24-25-22(19-31(24)35(33)28(3,4)5)18-23(27(32)34-9-2)29-26(25)21-15-10-13-20(17-21)14-11-16-30(6)7;1-6-9-19-20-16(14-26(19)30(28)23(3,4)5)13-18(22(27)29-7-2)25-21(20)15-10-8-11-17(24)12-15;1-4-5-6(2)3/h10,13,15,17-18,24H,8-9,12,16,19H2,1-7H3;8,10-13,19H,6-7,9,14H2,1-5H3;1H,5H2,2-3H3/t24-,35?;19-,30?;/m11./s1. The molecule has 0 amide bonds. The van der Waals surface area contributed by atoms with Crippen molar-refractivity contribution >= 4 is 50.6 Å². The van der Waals surface area contributed by atoms with Crippen molar-refractivity contribution in [2.45, 2.75) is 130 Å². The average molecular weight is 1070 g/mol. The third kappa shape index (κ3) is 16.1. The van der Waals surface area contributed by atoms with Gasteiger partial charge in [0.25, 0.3) is 0 Å². The molecule has 0 saturated heterocycles. The Hall–Kier alpha value is -4.26. The Bertz CT molecular complexity index is 2540. The number of terminal acetylenes is 1. The number of rotatable bonds is 14. The van der Waals surface area contributed by atoms with Crippen LogP contribution >= 0.6 is 15.9 Å². The van der Waals surface area contributed by atoms with Crippen LogP contribution in [0.5, 0.6) is 0 Å². The minimum Gasteiger partial charge on any atom is -0.597 e. The van der Waals surface area contributed by atoms with E-state index in [0.717, 1.165) is 87.0 Å². The molecule has 4 heterocycles. The average Bonchev–Trinajstić information content (AvgIpc) is 3.86. The summed E-state index contributed by atoms with van der Waals surface area (Å²) in [6, 6.07) is 19.5. The predicted octanol–water partition coefficient (Wildman–Crippen LogP) is 10.9. The first-order valence-corrected chi connectivity index (χ1v) is 27.4. The lowest BCUT2D eigenvalue weighted by Crippen LogP contribution is -2.42. The Kier molecular flexibility index (Phi) is 22.7. The van der Waals surface area contributed by atoms with E-state index in [2.05, 4.69) is 56.1 Å². The number of esters is 2. The summed E-state index contributed by atoms with van der Waals surface area (Å²) in [5.74, 6) is 8.02. The molecule has 0 saturated carbocycles. The zero-order valence-corrected chi connectivity index (χ0v) is 47.6. The number of ether oxygens (including phenoxy) is 2. The second-order valence-corrected chi connectivity index (χ2v) is 25.2. The molecule has 71 heavy (non-hydrogen) atoms. The molecule has 4 aromatic rings. The number of carbonyl (C=O) groups excluding carboxylic acids is 2. The summed E-state index contributed by atoms with van der Waals surface area (Å²) in [7, 11) is 7.86. The second-order valence-electron chi connectivity index (χ2n) is 19.9. The monoisotopic (exact) mass is 1070 g/mol. The molecule has 0 fully saturated rings. The van der Waals surface area contributed by atoms with Crippen LogP contribution in [0, 0.1) is 24.2 Å². The molecule has 12 nitrogen and oxygen atoms in total. The summed E-state index contributed by atoms with van der Waals surface area (Å²) in [5.41, 5.74) is 8.91. The van der Waals surface area contributed by atoms with E-state index in [1.807, 2.05) is 140 Å². The van der Waals surface area contributed by atoms with E-state index in [0.29, 0.717) is 31.9 Å². The fourth-order valence-corrected chi connectivity index (χ4v) is 11.4. The first-order chi connectivity index (χ1) is 33.5. The number of benzene rings is 2. The first-order valence-electron chi connectivity index (χ1n) is 24.4. The lowest BCUT2D eigenvalue weighted by Gasteiger charge is -2.33. The van der Waals surface area contributed by atoms with Gasteiger partial charge in [0, 0.05) is 55.0 Å². The Morgan fingerprint density at radius 1 is 0.718 bits per heavy atom. The van der Waals surface area contributed by atoms with Gasteiger partial charge in [-0.2, -0.15) is 0 Å². The fraction of sp³-hybridized carbons (Fsp3) is 0.500. The molecule has 0 spiro atoms. The SMILES string of the molecule is C#CCN(C)C.CCC[C@@H]1c2c(cc(C(=O)OCC)nc2-c2cccc(Br)c2)CN1[S+]([O-])C(C)(C)C.CCC[C@@H]1c2c(cc(C(=O)OCC)nc2-c2cccc(C#CCN(C)C)c2)CN1[S+]([O-])C(C)(C)C. The summed E-state index contributed by atoms with van der Waals surface area (Å²) in [6.07, 6.45) is 8.56. The van der Waals surface area contributed by atoms with Crippen molar-refractivity contribution in [3.63, 3.8) is 0 Å². The van der Waals surface area contributed by atoms with Crippen molar-refractivity contribution in [1.82, 2.24) is 28.4 Å². The molecule has 2 unspecified atom stereocenters. The van der Waals surface area contributed by atoms with Crippen LogP contribution in [0.3, 0.4) is 0 Å². The zero-order chi connectivity index (χ0) is 52.8. The van der Waals surface area contributed by atoms with Gasteiger partial charge in [0.15, 0.2) is 0 Å². The molecule has 15 heteroatoms. The van der Waals surface area contributed by atoms with Crippen molar-refractivity contribution < 1.29 is 28.2 Å². The van der Waals surface area contributed by atoms with Crippen molar-refractivity contribution in [3.05, 3.63) is 104 Å². The largest absolute Gasteiger partial charge is 0.597 e. The highest BCUT2D eigenvalue weighted by molar-refractivity contribution is 9.10. The highest BCUT2D eigenvalue weighted by atomic mass is 79.9. The fourth-order valence-electron chi connectivity index (χ4n) is 8.16. The van der Waals surface area contributed by atoms with Crippen LogP contribution < -0.4 is 0 Å². The maximum absolute atomic E-state index is 13.5. The van der Waals surface area contributed by atoms with Crippen LogP contribution in [0.1, 0.15) is 156 Å². The number of pyridine rings is 2. The lowest BCUT2D eigenvalue weighted by molar-refractivity contribution is 0.0510. The van der Waals surface area contributed by atoms with Crippen molar-refractivity contribution in [2.24, 2.45) is 0 Å². The molecule has 6 rings (SSSR count). The molecular formula is C56H75BrN6O6S2.